The van der Waals surface area contributed by atoms with Crippen LogP contribution in [0, 0.1) is 0 Å². The first-order valence-corrected chi connectivity index (χ1v) is 8.85. The second kappa shape index (κ2) is 6.15. The first kappa shape index (κ1) is 18.2. The molecule has 0 radical (unpaired) electrons. The molecule has 142 valence electrons. The van der Waals surface area contributed by atoms with Crippen molar-refractivity contribution in [2.75, 3.05) is 0 Å². The molecule has 0 unspecified atom stereocenters. The summed E-state index contributed by atoms with van der Waals surface area (Å²) in [7, 11) is 0. The number of carbonyl (C=O) groups is 1. The molecule has 3 saturated heterocycles. The Bertz CT molecular complexity index is 702. The number of carbonyl (C=O) groups excluding carboxylic acids is 1. The van der Waals surface area contributed by atoms with Crippen LogP contribution in [-0.2, 0) is 28.5 Å². The molecule has 1 aromatic rings. The number of hydrogen-bond acceptors (Lipinski definition) is 7. The van der Waals surface area contributed by atoms with Crippen LogP contribution in [-0.4, -0.2) is 48.2 Å². The van der Waals surface area contributed by atoms with Crippen LogP contribution in [0.5, 0.6) is 5.75 Å². The Morgan fingerprint density at radius 1 is 0.923 bits per heavy atom. The van der Waals surface area contributed by atoms with E-state index >= 15 is 0 Å². The van der Waals surface area contributed by atoms with Crippen LogP contribution in [0.2, 0.25) is 5.02 Å². The van der Waals surface area contributed by atoms with Gasteiger partial charge in [0.25, 0.3) is 0 Å². The molecule has 0 bridgehead atoms. The Balaban J connectivity index is 1.57. The smallest absolute Gasteiger partial charge is 0.343 e. The molecule has 0 aliphatic carbocycles. The van der Waals surface area contributed by atoms with Gasteiger partial charge in [0.05, 0.1) is 0 Å². The predicted molar refractivity (Wildman–Crippen MR) is 89.6 cm³/mol. The Kier molecular flexibility index (Phi) is 4.30. The van der Waals surface area contributed by atoms with E-state index in [1.807, 2.05) is 0 Å². The maximum absolute atomic E-state index is 12.7. The van der Waals surface area contributed by atoms with Gasteiger partial charge in [-0.3, -0.25) is 0 Å². The van der Waals surface area contributed by atoms with Gasteiger partial charge in [0.1, 0.15) is 24.1 Å². The Labute approximate surface area is 156 Å². The summed E-state index contributed by atoms with van der Waals surface area (Å²) in [4.78, 5) is 12.7. The average molecular weight is 385 g/mol. The van der Waals surface area contributed by atoms with Crippen molar-refractivity contribution in [2.45, 2.75) is 70.0 Å². The first-order valence-electron chi connectivity index (χ1n) is 8.48. The summed E-state index contributed by atoms with van der Waals surface area (Å²) >= 11 is 5.86. The summed E-state index contributed by atoms with van der Waals surface area (Å²) in [6.07, 6.45) is -3.41. The summed E-state index contributed by atoms with van der Waals surface area (Å²) in [6, 6.07) is 6.49. The van der Waals surface area contributed by atoms with Crippen LogP contribution in [0.25, 0.3) is 0 Å². The highest BCUT2D eigenvalue weighted by molar-refractivity contribution is 6.30. The van der Waals surface area contributed by atoms with Crippen molar-refractivity contribution in [3.63, 3.8) is 0 Å². The molecule has 4 rings (SSSR count). The van der Waals surface area contributed by atoms with Gasteiger partial charge in [0, 0.05) is 5.02 Å². The summed E-state index contributed by atoms with van der Waals surface area (Å²) in [6.45, 7) is 7.13. The van der Waals surface area contributed by atoms with Crippen LogP contribution >= 0.6 is 11.6 Å². The Morgan fingerprint density at radius 3 is 2.19 bits per heavy atom. The van der Waals surface area contributed by atoms with Crippen molar-refractivity contribution >= 4 is 17.6 Å². The normalized spacial score (nSPS) is 37.0. The third kappa shape index (κ3) is 3.35. The van der Waals surface area contributed by atoms with Gasteiger partial charge < -0.3 is 28.4 Å². The monoisotopic (exact) mass is 384 g/mol. The molecule has 3 aliphatic heterocycles. The van der Waals surface area contributed by atoms with Gasteiger partial charge >= 0.3 is 5.97 Å². The fourth-order valence-corrected chi connectivity index (χ4v) is 3.60. The molecule has 1 aromatic carbocycles. The van der Waals surface area contributed by atoms with Gasteiger partial charge in [-0.25, -0.2) is 4.79 Å². The zero-order valence-corrected chi connectivity index (χ0v) is 15.7. The first-order chi connectivity index (χ1) is 12.1. The van der Waals surface area contributed by atoms with E-state index in [0.29, 0.717) is 10.8 Å². The second-order valence-electron chi connectivity index (χ2n) is 7.47. The number of fused-ring (bicyclic) bond motifs is 3. The third-order valence-corrected chi connectivity index (χ3v) is 4.67. The van der Waals surface area contributed by atoms with E-state index in [4.69, 9.17) is 40.0 Å². The SMILES string of the molecule is CC1(C)O[C@H]2[C@@H](O1)[C@@H](C(=O)Oc1ccc(Cl)cc1)O[C@@H]1OC(C)(C)O[C@@H]12. The minimum Gasteiger partial charge on any atom is -0.425 e. The molecule has 0 saturated carbocycles. The number of halogens is 1. The third-order valence-electron chi connectivity index (χ3n) is 4.42. The van der Waals surface area contributed by atoms with Gasteiger partial charge in [-0.2, -0.15) is 0 Å². The molecule has 8 heteroatoms. The van der Waals surface area contributed by atoms with Gasteiger partial charge in [0.2, 0.25) is 0 Å². The molecule has 5 atom stereocenters. The summed E-state index contributed by atoms with van der Waals surface area (Å²) in [5.41, 5.74) is 0. The lowest BCUT2D eigenvalue weighted by atomic mass is 9.99. The molecule has 0 amide bonds. The largest absolute Gasteiger partial charge is 0.425 e. The molecule has 3 aliphatic rings. The lowest BCUT2D eigenvalue weighted by Gasteiger charge is -2.35. The van der Waals surface area contributed by atoms with E-state index in [9.17, 15) is 4.79 Å². The highest BCUT2D eigenvalue weighted by atomic mass is 35.5. The van der Waals surface area contributed by atoms with E-state index in [0.717, 1.165) is 0 Å². The summed E-state index contributed by atoms with van der Waals surface area (Å²) < 4.78 is 34.8. The van der Waals surface area contributed by atoms with Crippen molar-refractivity contribution in [3.05, 3.63) is 29.3 Å². The van der Waals surface area contributed by atoms with Crippen molar-refractivity contribution in [3.8, 4) is 5.75 Å². The van der Waals surface area contributed by atoms with Crippen LogP contribution in [0.15, 0.2) is 24.3 Å². The Hall–Kier alpha value is -1.22. The maximum atomic E-state index is 12.7. The van der Waals surface area contributed by atoms with E-state index in [1.54, 1.807) is 52.0 Å². The minimum atomic E-state index is -1.00. The predicted octanol–water partition coefficient (Wildman–Crippen LogP) is 2.64. The molecule has 0 aromatic heterocycles. The van der Waals surface area contributed by atoms with E-state index < -0.39 is 48.2 Å². The molecule has 0 spiro atoms. The van der Waals surface area contributed by atoms with Crippen molar-refractivity contribution in [2.24, 2.45) is 0 Å². The molecule has 3 fully saturated rings. The maximum Gasteiger partial charge on any atom is 0.343 e. The molecule has 0 N–H and O–H groups in total. The zero-order chi connectivity index (χ0) is 18.7. The topological polar surface area (TPSA) is 72.5 Å². The molecule has 26 heavy (non-hydrogen) atoms. The van der Waals surface area contributed by atoms with Crippen molar-refractivity contribution in [1.29, 1.82) is 0 Å². The van der Waals surface area contributed by atoms with Crippen molar-refractivity contribution < 1.29 is 33.2 Å². The van der Waals surface area contributed by atoms with E-state index in [-0.39, 0.29) is 0 Å². The van der Waals surface area contributed by atoms with Gasteiger partial charge in [-0.15, -0.1) is 0 Å². The Morgan fingerprint density at radius 2 is 1.50 bits per heavy atom. The number of rotatable bonds is 2. The van der Waals surface area contributed by atoms with Gasteiger partial charge in [0.15, 0.2) is 24.0 Å². The number of benzene rings is 1. The van der Waals surface area contributed by atoms with Gasteiger partial charge in [-0.05, 0) is 52.0 Å². The fourth-order valence-electron chi connectivity index (χ4n) is 3.48. The number of ether oxygens (including phenoxy) is 6. The molecule has 7 nitrogen and oxygen atoms in total. The van der Waals surface area contributed by atoms with E-state index in [1.165, 1.54) is 0 Å². The quantitative estimate of drug-likeness (QED) is 0.573. The number of hydrogen-bond donors (Lipinski definition) is 0. The van der Waals surface area contributed by atoms with Crippen LogP contribution in [0.1, 0.15) is 27.7 Å². The fraction of sp³-hybridized carbons (Fsp3) is 0.611. The molecular weight excluding hydrogens is 364 g/mol. The van der Waals surface area contributed by atoms with Crippen molar-refractivity contribution in [1.82, 2.24) is 0 Å². The highest BCUT2D eigenvalue weighted by Crippen LogP contribution is 2.44. The summed E-state index contributed by atoms with van der Waals surface area (Å²) in [5.74, 6) is -1.94. The molecule has 3 heterocycles. The number of esters is 1. The van der Waals surface area contributed by atoms with Crippen LogP contribution in [0.4, 0.5) is 0 Å². The average Bonchev–Trinajstić information content (AvgIpc) is 3.02. The summed E-state index contributed by atoms with van der Waals surface area (Å²) in [5, 5.41) is 0.551. The lowest BCUT2D eigenvalue weighted by Crippen LogP contribution is -2.58. The second-order valence-corrected chi connectivity index (χ2v) is 7.90. The van der Waals surface area contributed by atoms with Crippen LogP contribution < -0.4 is 4.74 Å². The lowest BCUT2D eigenvalue weighted by molar-refractivity contribution is -0.236. The van der Waals surface area contributed by atoms with Crippen LogP contribution in [0.3, 0.4) is 0 Å². The highest BCUT2D eigenvalue weighted by Gasteiger charge is 2.62. The zero-order valence-electron chi connectivity index (χ0n) is 14.9. The van der Waals surface area contributed by atoms with E-state index in [2.05, 4.69) is 0 Å². The minimum absolute atomic E-state index is 0.365. The standard InChI is InChI=1S/C18H21ClO7/c1-17(2)23-11-12(24-17)14-16(26-18(3,4)25-14)22-13(11)15(20)21-10-7-5-9(19)6-8-10/h5-8,11-14,16H,1-4H3/t11-,12+,13+,14-,16-/m1/s1. The molecular formula is C18H21ClO7. The van der Waals surface area contributed by atoms with Gasteiger partial charge in [-0.1, -0.05) is 11.6 Å².